The van der Waals surface area contributed by atoms with Crippen molar-refractivity contribution in [3.05, 3.63) is 93.9 Å². The van der Waals surface area contributed by atoms with Crippen molar-refractivity contribution in [1.82, 2.24) is 40.1 Å². The maximum absolute atomic E-state index is 13.9. The smallest absolute Gasteiger partial charge is 0.344 e. The number of unbranched alkanes of at least 4 members (excludes halogenated alkanes) is 1. The summed E-state index contributed by atoms with van der Waals surface area (Å²) in [5.74, 6) is 0.992. The summed E-state index contributed by atoms with van der Waals surface area (Å²) in [6.07, 6.45) is 5.83. The van der Waals surface area contributed by atoms with E-state index < -0.39 is 5.97 Å². The number of esters is 1. The van der Waals surface area contributed by atoms with Crippen LogP contribution in [-0.2, 0) is 22.4 Å². The number of benzene rings is 2. The average Bonchev–Trinajstić information content (AvgIpc) is 3.57. The van der Waals surface area contributed by atoms with E-state index in [1.54, 1.807) is 13.8 Å². The molecule has 0 amide bonds. The normalized spacial score (nSPS) is 11.0. The summed E-state index contributed by atoms with van der Waals surface area (Å²) < 4.78 is 11.7. The van der Waals surface area contributed by atoms with Gasteiger partial charge in [-0.1, -0.05) is 61.9 Å². The van der Waals surface area contributed by atoms with Crippen LogP contribution in [-0.4, -0.2) is 59.3 Å². The van der Waals surface area contributed by atoms with Crippen molar-refractivity contribution in [2.24, 2.45) is 0 Å². The van der Waals surface area contributed by atoms with Gasteiger partial charge < -0.3 is 9.47 Å². The highest BCUT2D eigenvalue weighted by Gasteiger charge is 2.18. The Labute approximate surface area is 248 Å². The number of nitrogens with one attached hydrogen (secondary N) is 1. The van der Waals surface area contributed by atoms with Crippen molar-refractivity contribution in [1.29, 1.82) is 0 Å². The summed E-state index contributed by atoms with van der Waals surface area (Å²) in [5, 5.41) is 14.5. The van der Waals surface area contributed by atoms with E-state index in [1.165, 1.54) is 17.0 Å². The summed E-state index contributed by atoms with van der Waals surface area (Å²) in [6, 6.07) is 16.0. The van der Waals surface area contributed by atoms with Crippen LogP contribution < -0.4 is 10.3 Å². The quantitative estimate of drug-likeness (QED) is 0.214. The lowest BCUT2D eigenvalue weighted by Crippen LogP contribution is -2.29. The first-order chi connectivity index (χ1) is 21.0. The van der Waals surface area contributed by atoms with Gasteiger partial charge in [0.15, 0.2) is 12.4 Å². The van der Waals surface area contributed by atoms with Gasteiger partial charge in [-0.15, -0.1) is 10.2 Å². The third kappa shape index (κ3) is 6.80. The van der Waals surface area contributed by atoms with Crippen LogP contribution in [0.1, 0.15) is 49.3 Å². The monoisotopic (exact) mass is 580 g/mol. The van der Waals surface area contributed by atoms with Crippen LogP contribution in [0.3, 0.4) is 0 Å². The van der Waals surface area contributed by atoms with Crippen LogP contribution in [0.25, 0.3) is 28.5 Å². The number of carbonyl (C=O) groups is 1. The first kappa shape index (κ1) is 29.2. The Morgan fingerprint density at radius 1 is 1.00 bits per heavy atom. The number of rotatable bonds is 12. The highest BCUT2D eigenvalue weighted by molar-refractivity contribution is 5.80. The highest BCUT2D eigenvalue weighted by atomic mass is 16.6. The molecule has 0 spiro atoms. The second kappa shape index (κ2) is 13.6. The molecular weight excluding hydrogens is 548 g/mol. The molecule has 0 fully saturated rings. The summed E-state index contributed by atoms with van der Waals surface area (Å²) >= 11 is 0. The van der Waals surface area contributed by atoms with Gasteiger partial charge in [-0.25, -0.2) is 24.3 Å². The molecule has 5 aromatic rings. The molecule has 5 rings (SSSR count). The molecule has 0 saturated carbocycles. The average molecular weight is 581 g/mol. The van der Waals surface area contributed by atoms with E-state index in [0.29, 0.717) is 30.1 Å². The second-order valence-electron chi connectivity index (χ2n) is 9.80. The van der Waals surface area contributed by atoms with E-state index in [9.17, 15) is 9.59 Å². The molecular formula is C31H32N8O4. The van der Waals surface area contributed by atoms with Gasteiger partial charge in [0, 0.05) is 17.5 Å². The Balaban J connectivity index is 1.43. The Morgan fingerprint density at radius 3 is 2.42 bits per heavy atom. The van der Waals surface area contributed by atoms with Gasteiger partial charge >= 0.3 is 5.97 Å². The van der Waals surface area contributed by atoms with Crippen LogP contribution in [0.15, 0.2) is 65.7 Å². The van der Waals surface area contributed by atoms with Crippen molar-refractivity contribution in [3.63, 3.8) is 0 Å². The van der Waals surface area contributed by atoms with Crippen molar-refractivity contribution in [2.45, 2.75) is 46.5 Å². The lowest BCUT2D eigenvalue weighted by Gasteiger charge is -2.15. The van der Waals surface area contributed by atoms with Gasteiger partial charge in [-0.05, 0) is 48.6 Å². The summed E-state index contributed by atoms with van der Waals surface area (Å²) in [4.78, 5) is 39.0. The molecule has 220 valence electrons. The molecule has 0 radical (unpaired) electrons. The van der Waals surface area contributed by atoms with E-state index in [4.69, 9.17) is 14.5 Å². The number of H-pyrrole nitrogens is 1. The predicted octanol–water partition coefficient (Wildman–Crippen LogP) is 4.05. The van der Waals surface area contributed by atoms with Crippen molar-refractivity contribution < 1.29 is 14.3 Å². The standard InChI is InChI=1S/C31H32N8O4/c1-4-6-11-27-26(16-21-12-14-22(15-13-21)24-9-7-8-10-25(24)29-35-37-38-36-29)30(41)39(20(3)34-27)31-32-17-23(18-33-31)43-19-28(40)42-5-2/h7-10,12-15,17-18H,4-6,11,16,19H2,1-3H3,(H,35,36,37,38). The molecule has 3 aromatic heterocycles. The maximum atomic E-state index is 13.9. The number of carbonyl (C=O) groups excluding carboxylic acids is 1. The SMILES string of the molecule is CCCCc1nc(C)n(-c2ncc(OCC(=O)OCC)cn2)c(=O)c1Cc1ccc(-c2ccccc2-c2nn[nH]n2)cc1. The fourth-order valence-corrected chi connectivity index (χ4v) is 4.74. The molecule has 12 heteroatoms. The zero-order valence-electron chi connectivity index (χ0n) is 24.3. The minimum absolute atomic E-state index is 0.176. The lowest BCUT2D eigenvalue weighted by molar-refractivity contribution is -0.145. The van der Waals surface area contributed by atoms with Crippen LogP contribution in [0.2, 0.25) is 0 Å². The largest absolute Gasteiger partial charge is 0.479 e. The van der Waals surface area contributed by atoms with Crippen LogP contribution in [0, 0.1) is 6.92 Å². The van der Waals surface area contributed by atoms with Gasteiger partial charge in [0.1, 0.15) is 5.82 Å². The third-order valence-electron chi connectivity index (χ3n) is 6.83. The Kier molecular flexibility index (Phi) is 9.25. The van der Waals surface area contributed by atoms with Crippen molar-refractivity contribution in [3.8, 4) is 34.2 Å². The lowest BCUT2D eigenvalue weighted by atomic mass is 9.96. The van der Waals surface area contributed by atoms with Gasteiger partial charge in [0.2, 0.25) is 11.8 Å². The number of hydrogen-bond acceptors (Lipinski definition) is 10. The number of aryl methyl sites for hydroxylation is 2. The number of hydrogen-bond donors (Lipinski definition) is 1. The minimum atomic E-state index is -0.487. The number of tetrazole rings is 1. The van der Waals surface area contributed by atoms with Gasteiger partial charge in [0.25, 0.3) is 5.56 Å². The first-order valence-electron chi connectivity index (χ1n) is 14.1. The molecule has 0 saturated heterocycles. The first-order valence-corrected chi connectivity index (χ1v) is 14.1. The van der Waals surface area contributed by atoms with E-state index in [2.05, 4.69) is 37.5 Å². The summed E-state index contributed by atoms with van der Waals surface area (Å²) in [5.41, 5.74) is 4.97. The minimum Gasteiger partial charge on any atom is -0.479 e. The molecule has 0 atom stereocenters. The summed E-state index contributed by atoms with van der Waals surface area (Å²) in [6.45, 7) is 5.61. The van der Waals surface area contributed by atoms with Gasteiger partial charge in [-0.2, -0.15) is 5.21 Å². The van der Waals surface area contributed by atoms with Crippen LogP contribution in [0.5, 0.6) is 5.75 Å². The number of aromatic amines is 1. The molecule has 2 aromatic carbocycles. The van der Waals surface area contributed by atoms with Crippen molar-refractivity contribution >= 4 is 5.97 Å². The molecule has 43 heavy (non-hydrogen) atoms. The number of aromatic nitrogens is 8. The number of nitrogens with zero attached hydrogens (tertiary/aromatic N) is 7. The molecule has 12 nitrogen and oxygen atoms in total. The van der Waals surface area contributed by atoms with E-state index in [0.717, 1.165) is 40.8 Å². The second-order valence-corrected chi connectivity index (χ2v) is 9.80. The fraction of sp³-hybridized carbons (Fsp3) is 0.290. The van der Waals surface area contributed by atoms with Crippen molar-refractivity contribution in [2.75, 3.05) is 13.2 Å². The highest BCUT2D eigenvalue weighted by Crippen LogP contribution is 2.30. The van der Waals surface area contributed by atoms with Gasteiger partial charge in [-0.3, -0.25) is 4.79 Å². The fourth-order valence-electron chi connectivity index (χ4n) is 4.74. The molecule has 0 bridgehead atoms. The third-order valence-corrected chi connectivity index (χ3v) is 6.83. The predicted molar refractivity (Wildman–Crippen MR) is 159 cm³/mol. The molecule has 0 aliphatic rings. The molecule has 0 unspecified atom stereocenters. The van der Waals surface area contributed by atoms with Crippen LogP contribution in [0.4, 0.5) is 0 Å². The molecule has 1 N–H and O–H groups in total. The Bertz CT molecular complexity index is 1730. The van der Waals surface area contributed by atoms with E-state index >= 15 is 0 Å². The maximum Gasteiger partial charge on any atom is 0.344 e. The topological polar surface area (TPSA) is 151 Å². The van der Waals surface area contributed by atoms with Crippen LogP contribution >= 0.6 is 0 Å². The van der Waals surface area contributed by atoms with Gasteiger partial charge in [0.05, 0.1) is 24.7 Å². The number of ether oxygens (including phenoxy) is 2. The zero-order valence-corrected chi connectivity index (χ0v) is 24.3. The molecule has 0 aliphatic heterocycles. The Hall–Kier alpha value is -5.26. The summed E-state index contributed by atoms with van der Waals surface area (Å²) in [7, 11) is 0. The zero-order chi connectivity index (χ0) is 30.2. The van der Waals surface area contributed by atoms with E-state index in [1.807, 2.05) is 48.5 Å². The Morgan fingerprint density at radius 2 is 1.74 bits per heavy atom. The molecule has 0 aliphatic carbocycles. The van der Waals surface area contributed by atoms with E-state index in [-0.39, 0.29) is 30.5 Å². The molecule has 3 heterocycles.